The van der Waals surface area contributed by atoms with E-state index in [0.717, 1.165) is 33.7 Å². The smallest absolute Gasteiger partial charge is 0.209 e. The highest BCUT2D eigenvalue weighted by Gasteiger charge is 2.15. The van der Waals surface area contributed by atoms with Crippen molar-refractivity contribution in [2.45, 2.75) is 18.5 Å². The van der Waals surface area contributed by atoms with Gasteiger partial charge >= 0.3 is 0 Å². The third kappa shape index (κ3) is 3.87. The van der Waals surface area contributed by atoms with Gasteiger partial charge in [0.25, 0.3) is 0 Å². The largest absolute Gasteiger partial charge is 0.237 e. The van der Waals surface area contributed by atoms with Gasteiger partial charge < -0.3 is 0 Å². The zero-order chi connectivity index (χ0) is 18.6. The summed E-state index contributed by atoms with van der Waals surface area (Å²) in [4.78, 5) is 9.23. The summed E-state index contributed by atoms with van der Waals surface area (Å²) in [6.45, 7) is 2.04. The van der Waals surface area contributed by atoms with E-state index in [1.165, 1.54) is 0 Å². The molecule has 0 aliphatic carbocycles. The zero-order valence-corrected chi connectivity index (χ0v) is 15.8. The minimum absolute atomic E-state index is 0.694. The molecule has 9 heteroatoms. The molecule has 0 atom stereocenters. The second-order valence-electron chi connectivity index (χ2n) is 6.00. The highest BCUT2D eigenvalue weighted by molar-refractivity contribution is 7.99. The average molecular weight is 378 g/mol. The number of tetrazole rings is 1. The van der Waals surface area contributed by atoms with Crippen LogP contribution in [0.4, 0.5) is 0 Å². The van der Waals surface area contributed by atoms with E-state index < -0.39 is 0 Å². The van der Waals surface area contributed by atoms with Gasteiger partial charge in [-0.2, -0.15) is 4.68 Å². The van der Waals surface area contributed by atoms with Crippen LogP contribution in [0.1, 0.15) is 11.4 Å². The highest BCUT2D eigenvalue weighted by Crippen LogP contribution is 2.20. The van der Waals surface area contributed by atoms with Gasteiger partial charge in [0.1, 0.15) is 5.82 Å². The molecule has 0 bridgehead atoms. The van der Waals surface area contributed by atoms with Gasteiger partial charge in [-0.15, -0.1) is 10.2 Å². The van der Waals surface area contributed by atoms with Gasteiger partial charge in [-0.1, -0.05) is 42.1 Å². The SMILES string of the molecule is Cc1ccnc(-n2nc(-c3ccccc3)nc2CCSc2nnnn2C)c1. The van der Waals surface area contributed by atoms with E-state index in [1.54, 1.807) is 22.6 Å². The van der Waals surface area contributed by atoms with Crippen LogP contribution in [-0.2, 0) is 13.5 Å². The third-order valence-corrected chi connectivity index (χ3v) is 4.97. The van der Waals surface area contributed by atoms with Crippen molar-refractivity contribution in [3.05, 3.63) is 60.0 Å². The molecule has 4 rings (SSSR count). The maximum absolute atomic E-state index is 4.77. The molecule has 0 spiro atoms. The Bertz CT molecular complexity index is 1040. The second-order valence-corrected chi connectivity index (χ2v) is 7.07. The molecule has 1 aromatic carbocycles. The number of hydrogen-bond acceptors (Lipinski definition) is 7. The number of nitrogens with zero attached hydrogens (tertiary/aromatic N) is 8. The summed E-state index contributed by atoms with van der Waals surface area (Å²) in [5, 5.41) is 17.0. The van der Waals surface area contributed by atoms with Crippen LogP contribution < -0.4 is 0 Å². The monoisotopic (exact) mass is 378 g/mol. The van der Waals surface area contributed by atoms with Crippen molar-refractivity contribution in [3.63, 3.8) is 0 Å². The summed E-state index contributed by atoms with van der Waals surface area (Å²) in [5.74, 6) is 3.10. The first-order chi connectivity index (χ1) is 13.2. The van der Waals surface area contributed by atoms with E-state index in [-0.39, 0.29) is 0 Å². The fraction of sp³-hybridized carbons (Fsp3) is 0.222. The first-order valence-electron chi connectivity index (χ1n) is 8.50. The Morgan fingerprint density at radius 3 is 2.70 bits per heavy atom. The topological polar surface area (TPSA) is 87.2 Å². The number of pyridine rings is 1. The molecule has 0 fully saturated rings. The summed E-state index contributed by atoms with van der Waals surface area (Å²) >= 11 is 1.59. The lowest BCUT2D eigenvalue weighted by molar-refractivity contribution is 0.664. The van der Waals surface area contributed by atoms with Crippen molar-refractivity contribution in [3.8, 4) is 17.2 Å². The highest BCUT2D eigenvalue weighted by atomic mass is 32.2. The third-order valence-electron chi connectivity index (χ3n) is 3.96. The van der Waals surface area contributed by atoms with Crippen molar-refractivity contribution in [2.24, 2.45) is 7.05 Å². The molecule has 4 aromatic rings. The van der Waals surface area contributed by atoms with Gasteiger partial charge in [0.2, 0.25) is 5.16 Å². The Morgan fingerprint density at radius 2 is 1.96 bits per heavy atom. The lowest BCUT2D eigenvalue weighted by Gasteiger charge is -2.05. The van der Waals surface area contributed by atoms with Crippen LogP contribution in [0.3, 0.4) is 0 Å². The van der Waals surface area contributed by atoms with Crippen LogP contribution in [0, 0.1) is 6.92 Å². The predicted octanol–water partition coefficient (Wildman–Crippen LogP) is 2.50. The van der Waals surface area contributed by atoms with Crippen LogP contribution in [-0.4, -0.2) is 45.7 Å². The van der Waals surface area contributed by atoms with Gasteiger partial charge in [0.15, 0.2) is 11.6 Å². The number of aromatic nitrogens is 8. The number of thioether (sulfide) groups is 1. The molecule has 3 heterocycles. The Hall–Kier alpha value is -3.07. The van der Waals surface area contributed by atoms with Gasteiger partial charge in [-0.25, -0.2) is 14.6 Å². The summed E-state index contributed by atoms with van der Waals surface area (Å²) in [7, 11) is 1.83. The molecule has 136 valence electrons. The number of rotatable bonds is 6. The molecule has 0 aliphatic heterocycles. The Balaban J connectivity index is 1.63. The minimum atomic E-state index is 0.694. The van der Waals surface area contributed by atoms with Crippen LogP contribution in [0.5, 0.6) is 0 Å². The summed E-state index contributed by atoms with van der Waals surface area (Å²) in [6, 6.07) is 13.9. The second kappa shape index (κ2) is 7.67. The lowest BCUT2D eigenvalue weighted by atomic mass is 10.2. The van der Waals surface area contributed by atoms with E-state index in [1.807, 2.05) is 61.1 Å². The van der Waals surface area contributed by atoms with Crippen molar-refractivity contribution >= 4 is 11.8 Å². The van der Waals surface area contributed by atoms with E-state index in [2.05, 4.69) is 20.5 Å². The van der Waals surface area contributed by atoms with E-state index in [0.29, 0.717) is 12.2 Å². The molecule has 3 aromatic heterocycles. The fourth-order valence-corrected chi connectivity index (χ4v) is 3.40. The molecule has 0 N–H and O–H groups in total. The van der Waals surface area contributed by atoms with E-state index in [9.17, 15) is 0 Å². The van der Waals surface area contributed by atoms with Crippen molar-refractivity contribution in [2.75, 3.05) is 5.75 Å². The maximum atomic E-state index is 4.77. The molecule has 8 nitrogen and oxygen atoms in total. The number of hydrogen-bond donors (Lipinski definition) is 0. The molecular weight excluding hydrogens is 360 g/mol. The Morgan fingerprint density at radius 1 is 1.11 bits per heavy atom. The molecule has 0 amide bonds. The molecule has 0 saturated heterocycles. The van der Waals surface area contributed by atoms with Gasteiger partial charge in [0.05, 0.1) is 0 Å². The minimum Gasteiger partial charge on any atom is -0.237 e. The Kier molecular flexibility index (Phi) is 4.93. The standard InChI is InChI=1S/C18H18N8S/c1-13-8-10-19-16(12-13)26-15(9-11-27-18-21-23-24-25(18)2)20-17(22-26)14-6-4-3-5-7-14/h3-8,10,12H,9,11H2,1-2H3. The molecule has 0 aliphatic rings. The lowest BCUT2D eigenvalue weighted by Crippen LogP contribution is -2.07. The van der Waals surface area contributed by atoms with E-state index in [4.69, 9.17) is 10.1 Å². The van der Waals surface area contributed by atoms with Crippen LogP contribution in [0.2, 0.25) is 0 Å². The first-order valence-corrected chi connectivity index (χ1v) is 9.49. The summed E-state index contributed by atoms with van der Waals surface area (Å²) in [6.07, 6.45) is 2.51. The van der Waals surface area contributed by atoms with Crippen molar-refractivity contribution < 1.29 is 0 Å². The quantitative estimate of drug-likeness (QED) is 0.476. The average Bonchev–Trinajstić information content (AvgIpc) is 3.29. The van der Waals surface area contributed by atoms with Crippen LogP contribution in [0.15, 0.2) is 53.8 Å². The molecule has 0 radical (unpaired) electrons. The van der Waals surface area contributed by atoms with Gasteiger partial charge in [0, 0.05) is 31.0 Å². The van der Waals surface area contributed by atoms with Crippen molar-refractivity contribution in [1.82, 2.24) is 40.0 Å². The predicted molar refractivity (Wildman–Crippen MR) is 103 cm³/mol. The number of benzene rings is 1. The van der Waals surface area contributed by atoms with Gasteiger partial charge in [-0.3, -0.25) is 0 Å². The normalized spacial score (nSPS) is 11.0. The number of aryl methyl sites for hydroxylation is 3. The maximum Gasteiger partial charge on any atom is 0.209 e. The zero-order valence-electron chi connectivity index (χ0n) is 15.0. The van der Waals surface area contributed by atoms with Crippen LogP contribution >= 0.6 is 11.8 Å². The molecule has 27 heavy (non-hydrogen) atoms. The first kappa shape index (κ1) is 17.3. The molecule has 0 saturated carbocycles. The molecular formula is C18H18N8S. The van der Waals surface area contributed by atoms with E-state index >= 15 is 0 Å². The van der Waals surface area contributed by atoms with Crippen LogP contribution in [0.25, 0.3) is 17.2 Å². The summed E-state index contributed by atoms with van der Waals surface area (Å²) < 4.78 is 3.48. The van der Waals surface area contributed by atoms with Crippen molar-refractivity contribution in [1.29, 1.82) is 0 Å². The summed E-state index contributed by atoms with van der Waals surface area (Å²) in [5.41, 5.74) is 2.11. The Labute approximate surface area is 160 Å². The molecule has 0 unspecified atom stereocenters. The van der Waals surface area contributed by atoms with Gasteiger partial charge in [-0.05, 0) is 35.0 Å². The fourth-order valence-electron chi connectivity index (χ4n) is 2.61.